The van der Waals surface area contributed by atoms with Crippen LogP contribution in [-0.2, 0) is 0 Å². The summed E-state index contributed by atoms with van der Waals surface area (Å²) >= 11 is 0. The molecule has 3 aliphatic rings. The first kappa shape index (κ1) is 10.6. The second-order valence-corrected chi connectivity index (χ2v) is 5.91. The van der Waals surface area contributed by atoms with Gasteiger partial charge in [-0.05, 0) is 62.2 Å². The molecule has 3 aliphatic carbocycles. The third-order valence-corrected chi connectivity index (χ3v) is 5.02. The number of fused-ring (bicyclic) bond motifs is 4. The van der Waals surface area contributed by atoms with Crippen LogP contribution < -0.4 is 0 Å². The van der Waals surface area contributed by atoms with E-state index in [0.717, 1.165) is 23.7 Å². The Hall–Kier alpha value is -0.520. The molecule has 1 saturated carbocycles. The van der Waals surface area contributed by atoms with Crippen LogP contribution in [0, 0.1) is 23.7 Å². The average Bonchev–Trinajstić information content (AvgIpc) is 2.23. The van der Waals surface area contributed by atoms with E-state index in [4.69, 9.17) is 0 Å². The maximum Gasteiger partial charge on any atom is -0.0137 e. The first-order valence-electron chi connectivity index (χ1n) is 7.30. The third-order valence-electron chi connectivity index (χ3n) is 5.02. The lowest BCUT2D eigenvalue weighted by atomic mass is 9.53. The zero-order valence-electron chi connectivity index (χ0n) is 10.3. The maximum atomic E-state index is 2.55. The molecule has 0 nitrogen and oxygen atoms in total. The van der Waals surface area contributed by atoms with Crippen molar-refractivity contribution in [3.63, 3.8) is 0 Å². The van der Waals surface area contributed by atoms with E-state index in [1.807, 2.05) is 0 Å². The van der Waals surface area contributed by atoms with Crippen molar-refractivity contribution in [3.8, 4) is 0 Å². The highest BCUT2D eigenvalue weighted by Gasteiger charge is 2.46. The lowest BCUT2D eigenvalue weighted by Gasteiger charge is -2.52. The smallest absolute Gasteiger partial charge is 0.0137 e. The van der Waals surface area contributed by atoms with Gasteiger partial charge in [0.05, 0.1) is 0 Å². The second-order valence-electron chi connectivity index (χ2n) is 5.91. The molecule has 0 aliphatic heterocycles. The quantitative estimate of drug-likeness (QED) is 0.514. The molecular weight excluding hydrogens is 192 g/mol. The van der Waals surface area contributed by atoms with E-state index in [0.29, 0.717) is 0 Å². The molecule has 0 bridgehead atoms. The molecule has 1 fully saturated rings. The normalized spacial score (nSPS) is 47.0. The van der Waals surface area contributed by atoms with E-state index >= 15 is 0 Å². The minimum atomic E-state index is 0.902. The van der Waals surface area contributed by atoms with E-state index in [1.54, 1.807) is 0 Å². The van der Waals surface area contributed by atoms with Crippen molar-refractivity contribution in [2.45, 2.75) is 51.4 Å². The van der Waals surface area contributed by atoms with Gasteiger partial charge in [0.25, 0.3) is 0 Å². The predicted octanol–water partition coefficient (Wildman–Crippen LogP) is 4.73. The van der Waals surface area contributed by atoms with E-state index in [9.17, 15) is 0 Å². The molecule has 0 aromatic rings. The summed E-state index contributed by atoms with van der Waals surface area (Å²) in [6.45, 7) is 0. The number of hydrogen-bond donors (Lipinski definition) is 0. The van der Waals surface area contributed by atoms with E-state index < -0.39 is 0 Å². The maximum absolute atomic E-state index is 2.55. The van der Waals surface area contributed by atoms with Crippen LogP contribution in [0.15, 0.2) is 24.3 Å². The summed E-state index contributed by atoms with van der Waals surface area (Å²) < 4.78 is 0. The fourth-order valence-corrected chi connectivity index (χ4v) is 4.14. The Morgan fingerprint density at radius 1 is 0.625 bits per heavy atom. The summed E-state index contributed by atoms with van der Waals surface area (Å²) in [5.41, 5.74) is 0. The number of hydrogen-bond acceptors (Lipinski definition) is 0. The van der Waals surface area contributed by atoms with Crippen molar-refractivity contribution < 1.29 is 0 Å². The zero-order chi connectivity index (χ0) is 10.8. The summed E-state index contributed by atoms with van der Waals surface area (Å²) in [5, 5.41) is 0. The fourth-order valence-electron chi connectivity index (χ4n) is 4.14. The third kappa shape index (κ3) is 1.87. The van der Waals surface area contributed by atoms with Crippen molar-refractivity contribution in [2.75, 3.05) is 0 Å². The lowest BCUT2D eigenvalue weighted by Crippen LogP contribution is -2.45. The SMILES string of the molecule is C1=C\[C@H]2[C@@H]3/C=C\CCCC[C@@H]3[C@H]2CCCC/1. The fraction of sp³-hybridized carbons (Fsp3) is 0.750. The largest absolute Gasteiger partial charge is 0.0882 e. The van der Waals surface area contributed by atoms with Crippen LogP contribution in [0.2, 0.25) is 0 Å². The highest BCUT2D eigenvalue weighted by atomic mass is 14.5. The molecule has 0 saturated heterocycles. The summed E-state index contributed by atoms with van der Waals surface area (Å²) in [7, 11) is 0. The minimum Gasteiger partial charge on any atom is -0.0882 e. The van der Waals surface area contributed by atoms with Crippen LogP contribution >= 0.6 is 0 Å². The Labute approximate surface area is 99.8 Å². The highest BCUT2D eigenvalue weighted by molar-refractivity contribution is 5.13. The first-order chi connectivity index (χ1) is 7.97. The van der Waals surface area contributed by atoms with Gasteiger partial charge in [0.2, 0.25) is 0 Å². The van der Waals surface area contributed by atoms with Gasteiger partial charge in [-0.15, -0.1) is 0 Å². The van der Waals surface area contributed by atoms with Gasteiger partial charge >= 0.3 is 0 Å². The van der Waals surface area contributed by atoms with Crippen LogP contribution in [0.25, 0.3) is 0 Å². The molecular formula is C16H24. The van der Waals surface area contributed by atoms with Crippen LogP contribution in [0.4, 0.5) is 0 Å². The predicted molar refractivity (Wildman–Crippen MR) is 69.2 cm³/mol. The Bertz CT molecular complexity index is 256. The number of rotatable bonds is 0. The Balaban J connectivity index is 1.77. The standard InChI is InChI=1S/C16H24/c1-2-6-10-14-13(9-5-1)15-11-7-3-4-8-12-16(14)15/h5,7,9,11,13-16H,1-4,6,8,10,12H2/b9-5-,11-7-/t13-,14+,15+,16-/m1/s1. The van der Waals surface area contributed by atoms with Gasteiger partial charge in [0.15, 0.2) is 0 Å². The molecule has 0 unspecified atom stereocenters. The van der Waals surface area contributed by atoms with E-state index in [-0.39, 0.29) is 0 Å². The van der Waals surface area contributed by atoms with Gasteiger partial charge in [0.1, 0.15) is 0 Å². The molecule has 16 heavy (non-hydrogen) atoms. The number of allylic oxidation sites excluding steroid dienone is 4. The molecule has 4 atom stereocenters. The summed E-state index contributed by atoms with van der Waals surface area (Å²) in [6, 6.07) is 0. The molecule has 0 heterocycles. The molecule has 0 amide bonds. The first-order valence-corrected chi connectivity index (χ1v) is 7.30. The van der Waals surface area contributed by atoms with Crippen molar-refractivity contribution in [2.24, 2.45) is 23.7 Å². The van der Waals surface area contributed by atoms with Crippen molar-refractivity contribution in [1.82, 2.24) is 0 Å². The van der Waals surface area contributed by atoms with Gasteiger partial charge < -0.3 is 0 Å². The van der Waals surface area contributed by atoms with Gasteiger partial charge in [-0.3, -0.25) is 0 Å². The van der Waals surface area contributed by atoms with E-state index in [2.05, 4.69) is 24.3 Å². The molecule has 0 aromatic heterocycles. The topological polar surface area (TPSA) is 0 Å². The molecule has 0 N–H and O–H groups in total. The minimum absolute atomic E-state index is 0.902. The van der Waals surface area contributed by atoms with Crippen LogP contribution in [0.3, 0.4) is 0 Å². The summed E-state index contributed by atoms with van der Waals surface area (Å²) in [4.78, 5) is 0. The van der Waals surface area contributed by atoms with Gasteiger partial charge in [-0.2, -0.15) is 0 Å². The van der Waals surface area contributed by atoms with Crippen LogP contribution in [0.1, 0.15) is 51.4 Å². The van der Waals surface area contributed by atoms with Gasteiger partial charge in [-0.1, -0.05) is 37.1 Å². The zero-order valence-corrected chi connectivity index (χ0v) is 10.3. The monoisotopic (exact) mass is 216 g/mol. The molecule has 3 rings (SSSR count). The van der Waals surface area contributed by atoms with Crippen LogP contribution in [0.5, 0.6) is 0 Å². The molecule has 0 radical (unpaired) electrons. The lowest BCUT2D eigenvalue weighted by molar-refractivity contribution is 0.0227. The Morgan fingerprint density at radius 3 is 1.62 bits per heavy atom. The average molecular weight is 216 g/mol. The summed E-state index contributed by atoms with van der Waals surface area (Å²) in [6.07, 6.45) is 21.5. The van der Waals surface area contributed by atoms with Crippen molar-refractivity contribution in [3.05, 3.63) is 24.3 Å². The van der Waals surface area contributed by atoms with Crippen molar-refractivity contribution >= 4 is 0 Å². The highest BCUT2D eigenvalue weighted by Crippen LogP contribution is 2.53. The molecule has 0 aromatic carbocycles. The molecule has 0 heteroatoms. The second kappa shape index (κ2) is 4.77. The van der Waals surface area contributed by atoms with Crippen molar-refractivity contribution in [1.29, 1.82) is 0 Å². The van der Waals surface area contributed by atoms with Crippen LogP contribution in [-0.4, -0.2) is 0 Å². The van der Waals surface area contributed by atoms with Gasteiger partial charge in [0, 0.05) is 0 Å². The Morgan fingerprint density at radius 2 is 1.12 bits per heavy atom. The van der Waals surface area contributed by atoms with E-state index in [1.165, 1.54) is 51.4 Å². The molecule has 0 spiro atoms. The summed E-state index contributed by atoms with van der Waals surface area (Å²) in [5.74, 6) is 3.87. The molecule has 88 valence electrons. The van der Waals surface area contributed by atoms with Gasteiger partial charge in [-0.25, -0.2) is 0 Å². The Kier molecular flexibility index (Phi) is 3.17.